The van der Waals surface area contributed by atoms with E-state index in [1.807, 2.05) is 0 Å². The van der Waals surface area contributed by atoms with E-state index in [0.29, 0.717) is 0 Å². The molecule has 0 spiro atoms. The lowest BCUT2D eigenvalue weighted by Gasteiger charge is -2.38. The van der Waals surface area contributed by atoms with E-state index in [-0.39, 0.29) is 10.5 Å². The lowest BCUT2D eigenvalue weighted by Crippen LogP contribution is -2.42. The van der Waals surface area contributed by atoms with Gasteiger partial charge in [0, 0.05) is 9.37 Å². The van der Waals surface area contributed by atoms with E-state index in [1.165, 1.54) is 4.90 Å². The second-order valence-electron chi connectivity index (χ2n) is 6.02. The van der Waals surface area contributed by atoms with Crippen molar-refractivity contribution in [3.05, 3.63) is 28.7 Å². The second-order valence-corrected chi connectivity index (χ2v) is 13.1. The van der Waals surface area contributed by atoms with Crippen LogP contribution in [0.2, 0.25) is 18.1 Å². The highest BCUT2D eigenvalue weighted by Crippen LogP contribution is 2.39. The average Bonchev–Trinajstić information content (AvgIpc) is 2.19. The van der Waals surface area contributed by atoms with Crippen molar-refractivity contribution in [2.24, 2.45) is 0 Å². The molecule has 0 radical (unpaired) electrons. The molecule has 1 atom stereocenters. The van der Waals surface area contributed by atoms with Crippen LogP contribution >= 0.6 is 27.7 Å². The predicted molar refractivity (Wildman–Crippen MR) is 87.7 cm³/mol. The number of hydrogen-bond acceptors (Lipinski definition) is 2. The second kappa shape index (κ2) is 6.12. The number of rotatable bonds is 4. The highest BCUT2D eigenvalue weighted by atomic mass is 79.9. The van der Waals surface area contributed by atoms with E-state index in [0.717, 1.165) is 4.47 Å². The summed E-state index contributed by atoms with van der Waals surface area (Å²) in [4.78, 5) is 1.25. The molecule has 0 saturated carbocycles. The summed E-state index contributed by atoms with van der Waals surface area (Å²) in [5.74, 6) is 0. The van der Waals surface area contributed by atoms with Gasteiger partial charge in [0.05, 0.1) is 5.44 Å². The fourth-order valence-electron chi connectivity index (χ4n) is 1.32. The van der Waals surface area contributed by atoms with E-state index in [4.69, 9.17) is 4.43 Å². The fraction of sp³-hybridized carbons (Fsp3) is 0.571. The first kappa shape index (κ1) is 16.3. The molecule has 1 nitrogen and oxygen atoms in total. The number of benzene rings is 1. The average molecular weight is 347 g/mol. The summed E-state index contributed by atoms with van der Waals surface area (Å²) in [5.41, 5.74) is 0.201. The van der Waals surface area contributed by atoms with E-state index >= 15 is 0 Å². The van der Waals surface area contributed by atoms with Gasteiger partial charge in [-0.15, -0.1) is 0 Å². The van der Waals surface area contributed by atoms with Crippen molar-refractivity contribution in [2.45, 2.75) is 56.2 Å². The van der Waals surface area contributed by atoms with Gasteiger partial charge < -0.3 is 4.43 Å². The summed E-state index contributed by atoms with van der Waals surface area (Å²) in [6, 6.07) is 8.39. The molecule has 0 heterocycles. The lowest BCUT2D eigenvalue weighted by atomic mass is 10.2. The molecule has 1 rings (SSSR count). The Morgan fingerprint density at radius 2 is 1.67 bits per heavy atom. The molecule has 1 aromatic rings. The largest absolute Gasteiger partial charge is 0.405 e. The lowest BCUT2D eigenvalue weighted by molar-refractivity contribution is 0.278. The van der Waals surface area contributed by atoms with Crippen molar-refractivity contribution in [1.82, 2.24) is 0 Å². The van der Waals surface area contributed by atoms with Gasteiger partial charge in [-0.25, -0.2) is 0 Å². The molecule has 4 heteroatoms. The molecule has 0 aromatic heterocycles. The summed E-state index contributed by atoms with van der Waals surface area (Å²) in [6.07, 6.45) is 0. The molecule has 0 aliphatic carbocycles. The van der Waals surface area contributed by atoms with Crippen molar-refractivity contribution in [1.29, 1.82) is 0 Å². The highest BCUT2D eigenvalue weighted by Gasteiger charge is 2.38. The van der Waals surface area contributed by atoms with Gasteiger partial charge in [-0.3, -0.25) is 0 Å². The molecular weight excluding hydrogens is 324 g/mol. The standard InChI is InChI=1S/C14H23BrOSSi/c1-11(16-18(5,6)14(2,3)4)17-13-9-7-12(15)8-10-13/h7-11H,1-6H3. The SMILES string of the molecule is CC(O[Si](C)(C)C(C)(C)C)Sc1ccc(Br)cc1. The Labute approximate surface area is 125 Å². The first-order valence-corrected chi connectivity index (χ1v) is 10.8. The highest BCUT2D eigenvalue weighted by molar-refractivity contribution is 9.10. The third-order valence-electron chi connectivity index (χ3n) is 3.38. The van der Waals surface area contributed by atoms with Crippen LogP contribution < -0.4 is 0 Å². The maximum atomic E-state index is 6.33. The Morgan fingerprint density at radius 1 is 1.17 bits per heavy atom. The van der Waals surface area contributed by atoms with Gasteiger partial charge in [-0.05, 0) is 49.3 Å². The van der Waals surface area contributed by atoms with Crippen LogP contribution in [-0.4, -0.2) is 13.8 Å². The minimum absolute atomic E-state index is 0.201. The van der Waals surface area contributed by atoms with Crippen LogP contribution in [0, 0.1) is 0 Å². The van der Waals surface area contributed by atoms with E-state index < -0.39 is 8.32 Å². The third kappa shape index (κ3) is 4.72. The zero-order valence-corrected chi connectivity index (χ0v) is 15.5. The molecule has 0 saturated heterocycles. The van der Waals surface area contributed by atoms with Gasteiger partial charge in [-0.1, -0.05) is 48.5 Å². The van der Waals surface area contributed by atoms with Gasteiger partial charge in [0.1, 0.15) is 0 Å². The Morgan fingerprint density at radius 3 is 2.11 bits per heavy atom. The van der Waals surface area contributed by atoms with Gasteiger partial charge in [0.15, 0.2) is 8.32 Å². The van der Waals surface area contributed by atoms with Crippen molar-refractivity contribution in [2.75, 3.05) is 0 Å². The van der Waals surface area contributed by atoms with Crippen LogP contribution in [0.4, 0.5) is 0 Å². The Hall–Kier alpha value is 0.227. The van der Waals surface area contributed by atoms with Crippen molar-refractivity contribution in [3.63, 3.8) is 0 Å². The zero-order valence-electron chi connectivity index (χ0n) is 12.1. The fourth-order valence-corrected chi connectivity index (χ4v) is 4.36. The summed E-state index contributed by atoms with van der Waals surface area (Å²) in [6.45, 7) is 13.6. The maximum Gasteiger partial charge on any atom is 0.193 e. The molecule has 18 heavy (non-hydrogen) atoms. The van der Waals surface area contributed by atoms with Gasteiger partial charge >= 0.3 is 0 Å². The molecule has 0 bridgehead atoms. The normalized spacial score (nSPS) is 14.6. The molecule has 0 fully saturated rings. The quantitative estimate of drug-likeness (QED) is 0.380. The molecule has 1 aromatic carbocycles. The van der Waals surface area contributed by atoms with Crippen LogP contribution in [0.15, 0.2) is 33.6 Å². The molecule has 0 aliphatic rings. The van der Waals surface area contributed by atoms with Gasteiger partial charge in [0.25, 0.3) is 0 Å². The van der Waals surface area contributed by atoms with Gasteiger partial charge in [-0.2, -0.15) is 0 Å². The summed E-state index contributed by atoms with van der Waals surface area (Å²) in [5, 5.41) is 0.265. The summed E-state index contributed by atoms with van der Waals surface area (Å²) >= 11 is 5.24. The van der Waals surface area contributed by atoms with Crippen molar-refractivity contribution >= 4 is 36.0 Å². The molecule has 0 amide bonds. The first-order valence-electron chi connectivity index (χ1n) is 6.22. The molecule has 102 valence electrons. The van der Waals surface area contributed by atoms with Crippen LogP contribution in [0.25, 0.3) is 0 Å². The molecule has 0 aliphatic heterocycles. The smallest absolute Gasteiger partial charge is 0.193 e. The van der Waals surface area contributed by atoms with E-state index in [1.54, 1.807) is 11.8 Å². The van der Waals surface area contributed by atoms with Crippen LogP contribution in [0.5, 0.6) is 0 Å². The van der Waals surface area contributed by atoms with Gasteiger partial charge in [0.2, 0.25) is 0 Å². The van der Waals surface area contributed by atoms with E-state index in [2.05, 4.69) is 81.0 Å². The molecule has 0 N–H and O–H groups in total. The predicted octanol–water partition coefficient (Wildman–Crippen LogP) is 5.91. The topological polar surface area (TPSA) is 9.23 Å². The number of thioether (sulfide) groups is 1. The summed E-state index contributed by atoms with van der Waals surface area (Å²) in [7, 11) is -1.66. The molecule has 1 unspecified atom stereocenters. The Balaban J connectivity index is 2.62. The van der Waals surface area contributed by atoms with E-state index in [9.17, 15) is 0 Å². The van der Waals surface area contributed by atoms with Crippen LogP contribution in [0.3, 0.4) is 0 Å². The van der Waals surface area contributed by atoms with Crippen molar-refractivity contribution in [3.8, 4) is 0 Å². The van der Waals surface area contributed by atoms with Crippen LogP contribution in [-0.2, 0) is 4.43 Å². The summed E-state index contributed by atoms with van der Waals surface area (Å²) < 4.78 is 7.44. The number of hydrogen-bond donors (Lipinski definition) is 0. The van der Waals surface area contributed by atoms with Crippen molar-refractivity contribution < 1.29 is 4.43 Å². The number of halogens is 1. The maximum absolute atomic E-state index is 6.33. The Kier molecular flexibility index (Phi) is 5.53. The zero-order chi connectivity index (χ0) is 14.0. The Bertz CT molecular complexity index is 384. The third-order valence-corrected chi connectivity index (χ3v) is 9.61. The van der Waals surface area contributed by atoms with Crippen LogP contribution in [0.1, 0.15) is 27.7 Å². The molecular formula is C14H23BrOSSi. The monoisotopic (exact) mass is 346 g/mol. The minimum Gasteiger partial charge on any atom is -0.405 e. The first-order chi connectivity index (χ1) is 8.12. The minimum atomic E-state index is -1.66.